The van der Waals surface area contributed by atoms with Gasteiger partial charge < -0.3 is 30.9 Å². The van der Waals surface area contributed by atoms with Gasteiger partial charge in [-0.2, -0.15) is 52.7 Å². The zero-order chi connectivity index (χ0) is 39.4. The first-order valence-electron chi connectivity index (χ1n) is 17.2. The van der Waals surface area contributed by atoms with E-state index in [2.05, 4.69) is 0 Å². The van der Waals surface area contributed by atoms with Crippen molar-refractivity contribution in [1.82, 2.24) is 0 Å². The molecule has 0 fully saturated rings. The molecule has 0 amide bonds. The molecule has 16 heteroatoms. The van der Waals surface area contributed by atoms with E-state index in [0.29, 0.717) is 74.2 Å². The van der Waals surface area contributed by atoms with E-state index in [-0.39, 0.29) is 98.4 Å². The maximum absolute atomic E-state index is 14.1. The Morgan fingerprint density at radius 2 is 0.836 bits per heavy atom. The van der Waals surface area contributed by atoms with Crippen molar-refractivity contribution in [3.63, 3.8) is 0 Å². The van der Waals surface area contributed by atoms with Crippen LogP contribution in [0.2, 0.25) is 0 Å². The van der Waals surface area contributed by atoms with E-state index in [1.807, 2.05) is 13.8 Å². The normalized spacial score (nSPS) is 15.2. The summed E-state index contributed by atoms with van der Waals surface area (Å²) in [5, 5.41) is 0. The van der Waals surface area contributed by atoms with Crippen LogP contribution in [-0.4, -0.2) is 24.4 Å². The molecule has 0 N–H and O–H groups in total. The lowest BCUT2D eigenvalue weighted by molar-refractivity contribution is -0.953. The van der Waals surface area contributed by atoms with Gasteiger partial charge in [0.15, 0.2) is 0 Å². The minimum Gasteiger partial charge on any atom is -1.00 e. The standard InChI is InChI=1S/C39H34F12NO2.BrH/c1-3-5-11-52(12-6-4-2)19-30-28(22-13-24(36(40,41)42)17-25(14-22)37(43,44)45)7-9-32-34(30)35-31(20-52)29(8-10-33(35)54-21-53-32)23-15-26(38(46,47)48)18-27(16-23)39(49,50)51;/h7-10,13-18H,3-6,11-12,19-21H2,1-2H3;1H/q+1;/p-1. The van der Waals surface area contributed by atoms with Gasteiger partial charge in [0.25, 0.3) is 0 Å². The summed E-state index contributed by atoms with van der Waals surface area (Å²) in [6.45, 7) is 4.41. The van der Waals surface area contributed by atoms with E-state index in [1.54, 1.807) is 0 Å². The van der Waals surface area contributed by atoms with Gasteiger partial charge >= 0.3 is 24.7 Å². The second kappa shape index (κ2) is 15.2. The lowest BCUT2D eigenvalue weighted by Crippen LogP contribution is -3.00. The van der Waals surface area contributed by atoms with E-state index in [4.69, 9.17) is 9.47 Å². The Morgan fingerprint density at radius 1 is 0.509 bits per heavy atom. The van der Waals surface area contributed by atoms with E-state index < -0.39 is 47.0 Å². The Kier molecular flexibility index (Phi) is 11.7. The van der Waals surface area contributed by atoms with E-state index in [0.717, 1.165) is 0 Å². The number of alkyl halides is 12. The van der Waals surface area contributed by atoms with Gasteiger partial charge in [0, 0.05) is 22.3 Å². The second-order valence-electron chi connectivity index (χ2n) is 13.7. The molecular formula is C39H34BrF12NO2. The third-order valence-corrected chi connectivity index (χ3v) is 9.98. The molecule has 4 aromatic carbocycles. The number of benzene rings is 4. The number of nitrogens with zero attached hydrogens (tertiary/aromatic N) is 1. The van der Waals surface area contributed by atoms with Crippen molar-refractivity contribution in [2.24, 2.45) is 0 Å². The molecule has 3 nitrogen and oxygen atoms in total. The maximum Gasteiger partial charge on any atom is 0.416 e. The highest BCUT2D eigenvalue weighted by Crippen LogP contribution is 2.53. The molecule has 0 radical (unpaired) electrons. The molecule has 2 heterocycles. The molecule has 0 saturated carbocycles. The summed E-state index contributed by atoms with van der Waals surface area (Å²) in [6.07, 6.45) is -18.0. The van der Waals surface area contributed by atoms with Gasteiger partial charge in [-0.15, -0.1) is 0 Å². The first kappa shape index (κ1) is 42.2. The summed E-state index contributed by atoms with van der Waals surface area (Å²) in [4.78, 5) is 0. The number of halogens is 13. The van der Waals surface area contributed by atoms with Gasteiger partial charge in [0.2, 0.25) is 6.79 Å². The number of quaternary nitrogens is 1. The molecule has 0 aromatic heterocycles. The van der Waals surface area contributed by atoms with E-state index in [9.17, 15) is 52.7 Å². The third-order valence-electron chi connectivity index (χ3n) is 9.98. The van der Waals surface area contributed by atoms with Crippen molar-refractivity contribution in [3.8, 4) is 44.9 Å². The molecule has 4 aromatic rings. The SMILES string of the molecule is CCCC[N+]1(CCCC)Cc2c(-c3cc(C(F)(F)F)cc(C(F)(F)F)c3)ccc3c2-c2c(ccc(-c4cc(C(F)(F)F)cc(C(F)(F)F)c4)c2C1)OCO3.[Br-]. The average Bonchev–Trinajstić information content (AvgIpc) is 3.37. The first-order valence-corrected chi connectivity index (χ1v) is 17.2. The van der Waals surface area contributed by atoms with Gasteiger partial charge in [0.1, 0.15) is 24.6 Å². The molecule has 0 unspecified atom stereocenters. The Balaban J connectivity index is 0.00000580. The first-order chi connectivity index (χ1) is 25.1. The summed E-state index contributed by atoms with van der Waals surface area (Å²) in [7, 11) is 0. The van der Waals surface area contributed by atoms with Crippen molar-refractivity contribution in [1.29, 1.82) is 0 Å². The molecule has 55 heavy (non-hydrogen) atoms. The van der Waals surface area contributed by atoms with Gasteiger partial charge in [-0.3, -0.25) is 0 Å². The number of rotatable bonds is 8. The molecular weight excluding hydrogens is 822 g/mol. The highest BCUT2D eigenvalue weighted by Gasteiger charge is 2.42. The minimum absolute atomic E-state index is 0. The van der Waals surface area contributed by atoms with Crippen LogP contribution in [0, 0.1) is 0 Å². The molecule has 2 aliphatic heterocycles. The number of ether oxygens (including phenoxy) is 2. The molecule has 0 spiro atoms. The van der Waals surface area contributed by atoms with Crippen molar-refractivity contribution in [3.05, 3.63) is 94.0 Å². The van der Waals surface area contributed by atoms with Crippen LogP contribution in [-0.2, 0) is 37.8 Å². The Morgan fingerprint density at radius 3 is 1.13 bits per heavy atom. The smallest absolute Gasteiger partial charge is 0.416 e. The van der Waals surface area contributed by atoms with Crippen LogP contribution in [0.3, 0.4) is 0 Å². The Hall–Kier alpha value is -3.92. The summed E-state index contributed by atoms with van der Waals surface area (Å²) in [5.41, 5.74) is -5.66. The lowest BCUT2D eigenvalue weighted by atomic mass is 9.85. The topological polar surface area (TPSA) is 18.5 Å². The predicted molar refractivity (Wildman–Crippen MR) is 176 cm³/mol. The summed E-state index contributed by atoms with van der Waals surface area (Å²) < 4.78 is 181. The third kappa shape index (κ3) is 8.59. The van der Waals surface area contributed by atoms with Crippen LogP contribution in [0.25, 0.3) is 33.4 Å². The molecule has 298 valence electrons. The van der Waals surface area contributed by atoms with Crippen LogP contribution >= 0.6 is 0 Å². The van der Waals surface area contributed by atoms with Gasteiger partial charge in [0.05, 0.1) is 35.3 Å². The largest absolute Gasteiger partial charge is 1.00 e. The summed E-state index contributed by atoms with van der Waals surface area (Å²) >= 11 is 0. The minimum atomic E-state index is -5.14. The van der Waals surface area contributed by atoms with E-state index >= 15 is 0 Å². The van der Waals surface area contributed by atoms with Crippen LogP contribution in [0.15, 0.2) is 60.7 Å². The van der Waals surface area contributed by atoms with Crippen LogP contribution in [0.4, 0.5) is 52.7 Å². The molecule has 0 saturated heterocycles. The lowest BCUT2D eigenvalue weighted by Gasteiger charge is -2.39. The Labute approximate surface area is 319 Å². The molecule has 0 aliphatic carbocycles. The predicted octanol–water partition coefficient (Wildman–Crippen LogP) is 9.93. The van der Waals surface area contributed by atoms with Crippen molar-refractivity contribution in [2.45, 2.75) is 77.3 Å². The Bertz CT molecular complexity index is 1840. The van der Waals surface area contributed by atoms with Crippen molar-refractivity contribution in [2.75, 3.05) is 19.9 Å². The summed E-state index contributed by atoms with van der Waals surface area (Å²) in [5.74, 6) is 0.278. The summed E-state index contributed by atoms with van der Waals surface area (Å²) in [6, 6.07) is 8.13. The number of hydrogen-bond acceptors (Lipinski definition) is 2. The van der Waals surface area contributed by atoms with Crippen LogP contribution < -0.4 is 26.5 Å². The number of unbranched alkanes of at least 4 members (excludes halogenated alkanes) is 2. The maximum atomic E-state index is 14.1. The fourth-order valence-corrected chi connectivity index (χ4v) is 7.43. The average molecular weight is 857 g/mol. The van der Waals surface area contributed by atoms with Gasteiger partial charge in [-0.05, 0) is 83.6 Å². The zero-order valence-electron chi connectivity index (χ0n) is 29.3. The highest BCUT2D eigenvalue weighted by molar-refractivity contribution is 5.91. The van der Waals surface area contributed by atoms with Crippen molar-refractivity contribution < 1.29 is 83.6 Å². The quantitative estimate of drug-likeness (QED) is 0.130. The fraction of sp³-hybridized carbons (Fsp3) is 0.385. The highest BCUT2D eigenvalue weighted by atomic mass is 79.9. The van der Waals surface area contributed by atoms with Crippen LogP contribution in [0.5, 0.6) is 11.5 Å². The van der Waals surface area contributed by atoms with Crippen LogP contribution in [0.1, 0.15) is 72.9 Å². The number of hydrogen-bond donors (Lipinski definition) is 0. The molecule has 0 atom stereocenters. The van der Waals surface area contributed by atoms with Gasteiger partial charge in [-0.1, -0.05) is 38.8 Å². The molecule has 6 rings (SSSR count). The van der Waals surface area contributed by atoms with Crippen molar-refractivity contribution >= 4 is 0 Å². The zero-order valence-corrected chi connectivity index (χ0v) is 30.9. The second-order valence-corrected chi connectivity index (χ2v) is 13.7. The fourth-order valence-electron chi connectivity index (χ4n) is 7.43. The van der Waals surface area contributed by atoms with E-state index in [1.165, 1.54) is 24.3 Å². The monoisotopic (exact) mass is 855 g/mol. The molecule has 2 aliphatic rings. The van der Waals surface area contributed by atoms with Gasteiger partial charge in [-0.25, -0.2) is 0 Å². The molecule has 0 bridgehead atoms.